The summed E-state index contributed by atoms with van der Waals surface area (Å²) < 4.78 is 10.6. The second kappa shape index (κ2) is 7.75. The summed E-state index contributed by atoms with van der Waals surface area (Å²) in [7, 11) is 0. The maximum absolute atomic E-state index is 12.3. The number of hydrogen-bond acceptors (Lipinski definition) is 7. The minimum Gasteiger partial charge on any atom is -0.478 e. The number of anilines is 2. The third kappa shape index (κ3) is 4.25. The number of rotatable bonds is 5. The first-order valence-electron chi connectivity index (χ1n) is 8.40. The Hall–Kier alpha value is -2.94. The highest BCUT2D eigenvalue weighted by Gasteiger charge is 2.30. The number of esters is 1. The summed E-state index contributed by atoms with van der Waals surface area (Å²) in [6.07, 6.45) is -1.11. The lowest BCUT2D eigenvalue weighted by molar-refractivity contribution is -0.128. The molecule has 0 fully saturated rings. The number of nitrogens with zero attached hydrogens (tertiary/aromatic N) is 1. The van der Waals surface area contributed by atoms with Crippen LogP contribution in [0.15, 0.2) is 18.2 Å². The molecule has 27 heavy (non-hydrogen) atoms. The largest absolute Gasteiger partial charge is 0.478 e. The predicted octanol–water partition coefficient (Wildman–Crippen LogP) is 2.66. The minimum atomic E-state index is -0.939. The zero-order chi connectivity index (χ0) is 19.6. The van der Waals surface area contributed by atoms with Crippen molar-refractivity contribution >= 4 is 39.9 Å². The highest BCUT2D eigenvalue weighted by molar-refractivity contribution is 7.17. The van der Waals surface area contributed by atoms with Crippen LogP contribution in [0.5, 0.6) is 5.75 Å². The Morgan fingerprint density at radius 3 is 2.89 bits per heavy atom. The first kappa shape index (κ1) is 18.8. The standard InChI is InChI=1S/C18H19N3O5S/c1-4-25-17(24)15-10(3)19-18(27-15)21-14(22)8-13-16(23)20-11-7-9(2)5-6-12(11)26-13/h5-7,13H,4,8H2,1-3H3,(H,20,23)(H,19,21,22). The normalized spacial score (nSPS) is 15.4. The van der Waals surface area contributed by atoms with Crippen molar-refractivity contribution in [3.05, 3.63) is 34.3 Å². The second-order valence-corrected chi connectivity index (χ2v) is 7.00. The molecule has 8 nitrogen and oxygen atoms in total. The lowest BCUT2D eigenvalue weighted by Crippen LogP contribution is -2.39. The van der Waals surface area contributed by atoms with Gasteiger partial charge in [-0.15, -0.1) is 0 Å². The first-order chi connectivity index (χ1) is 12.9. The molecule has 0 radical (unpaired) electrons. The van der Waals surface area contributed by atoms with Crippen molar-refractivity contribution in [2.24, 2.45) is 0 Å². The third-order valence-corrected chi connectivity index (χ3v) is 4.88. The van der Waals surface area contributed by atoms with Crippen LogP contribution >= 0.6 is 11.3 Å². The Labute approximate surface area is 159 Å². The molecular formula is C18H19N3O5S. The van der Waals surface area contributed by atoms with Gasteiger partial charge in [-0.1, -0.05) is 17.4 Å². The molecule has 2 N–H and O–H groups in total. The predicted molar refractivity (Wildman–Crippen MR) is 100 cm³/mol. The van der Waals surface area contributed by atoms with Gasteiger partial charge in [0.25, 0.3) is 5.91 Å². The third-order valence-electron chi connectivity index (χ3n) is 3.83. The molecule has 0 spiro atoms. The van der Waals surface area contributed by atoms with Crippen LogP contribution in [0, 0.1) is 13.8 Å². The van der Waals surface area contributed by atoms with E-state index in [0.717, 1.165) is 16.9 Å². The fourth-order valence-corrected chi connectivity index (χ4v) is 3.45. The topological polar surface area (TPSA) is 107 Å². The maximum Gasteiger partial charge on any atom is 0.350 e. The lowest BCUT2D eigenvalue weighted by atomic mass is 10.1. The fourth-order valence-electron chi connectivity index (χ4n) is 2.57. The summed E-state index contributed by atoms with van der Waals surface area (Å²) in [6, 6.07) is 5.42. The van der Waals surface area contributed by atoms with Crippen LogP contribution in [-0.2, 0) is 14.3 Å². The molecule has 2 heterocycles. The van der Waals surface area contributed by atoms with E-state index in [-0.39, 0.29) is 24.1 Å². The van der Waals surface area contributed by atoms with Gasteiger partial charge in [0.15, 0.2) is 11.2 Å². The van der Waals surface area contributed by atoms with E-state index in [1.807, 2.05) is 13.0 Å². The van der Waals surface area contributed by atoms with Gasteiger partial charge >= 0.3 is 5.97 Å². The number of ether oxygens (including phenoxy) is 2. The number of aromatic nitrogens is 1. The molecular weight excluding hydrogens is 370 g/mol. The van der Waals surface area contributed by atoms with Gasteiger partial charge in [0.1, 0.15) is 10.6 Å². The van der Waals surface area contributed by atoms with Crippen LogP contribution in [0.4, 0.5) is 10.8 Å². The zero-order valence-electron chi connectivity index (χ0n) is 15.1. The van der Waals surface area contributed by atoms with E-state index in [1.54, 1.807) is 26.0 Å². The molecule has 2 amide bonds. The molecule has 1 aromatic carbocycles. The van der Waals surface area contributed by atoms with Crippen molar-refractivity contribution in [2.45, 2.75) is 33.3 Å². The van der Waals surface area contributed by atoms with Crippen molar-refractivity contribution in [3.63, 3.8) is 0 Å². The molecule has 1 aliphatic rings. The average Bonchev–Trinajstić information content (AvgIpc) is 2.96. The van der Waals surface area contributed by atoms with E-state index in [0.29, 0.717) is 22.0 Å². The summed E-state index contributed by atoms with van der Waals surface area (Å²) in [4.78, 5) is 40.8. The van der Waals surface area contributed by atoms with Gasteiger partial charge in [0.05, 0.1) is 24.4 Å². The Kier molecular flexibility index (Phi) is 5.41. The Morgan fingerprint density at radius 1 is 1.37 bits per heavy atom. The molecule has 9 heteroatoms. The molecule has 1 atom stereocenters. The molecule has 1 unspecified atom stereocenters. The van der Waals surface area contributed by atoms with Gasteiger partial charge in [0, 0.05) is 0 Å². The first-order valence-corrected chi connectivity index (χ1v) is 9.21. The van der Waals surface area contributed by atoms with Gasteiger partial charge in [-0.25, -0.2) is 9.78 Å². The zero-order valence-corrected chi connectivity index (χ0v) is 15.9. The number of fused-ring (bicyclic) bond motifs is 1. The number of amides is 2. The fraction of sp³-hybridized carbons (Fsp3) is 0.333. The molecule has 0 saturated carbocycles. The lowest BCUT2D eigenvalue weighted by Gasteiger charge is -2.25. The van der Waals surface area contributed by atoms with Gasteiger partial charge in [-0.3, -0.25) is 9.59 Å². The number of carbonyl (C=O) groups is 3. The quantitative estimate of drug-likeness (QED) is 0.762. The van der Waals surface area contributed by atoms with Crippen molar-refractivity contribution < 1.29 is 23.9 Å². The minimum absolute atomic E-state index is 0.174. The number of carbonyl (C=O) groups excluding carboxylic acids is 3. The highest BCUT2D eigenvalue weighted by atomic mass is 32.1. The van der Waals surface area contributed by atoms with Gasteiger partial charge in [0.2, 0.25) is 5.91 Å². The SMILES string of the molecule is CCOC(=O)c1sc(NC(=O)CC2Oc3ccc(C)cc3NC2=O)nc1C. The smallest absolute Gasteiger partial charge is 0.350 e. The molecule has 1 aliphatic heterocycles. The number of nitrogens with one attached hydrogen (secondary N) is 2. The van der Waals surface area contributed by atoms with E-state index in [4.69, 9.17) is 9.47 Å². The van der Waals surface area contributed by atoms with Gasteiger partial charge in [-0.05, 0) is 38.5 Å². The van der Waals surface area contributed by atoms with Crippen LogP contribution in [0.25, 0.3) is 0 Å². The van der Waals surface area contributed by atoms with Crippen LogP contribution in [0.1, 0.15) is 34.3 Å². The number of aryl methyl sites for hydroxylation is 2. The molecule has 3 rings (SSSR count). The van der Waals surface area contributed by atoms with E-state index in [1.165, 1.54) is 0 Å². The number of benzene rings is 1. The summed E-state index contributed by atoms with van der Waals surface area (Å²) >= 11 is 1.03. The van der Waals surface area contributed by atoms with E-state index in [9.17, 15) is 14.4 Å². The summed E-state index contributed by atoms with van der Waals surface area (Å²) in [5, 5.41) is 5.62. The van der Waals surface area contributed by atoms with Crippen LogP contribution in [-0.4, -0.2) is 35.5 Å². The van der Waals surface area contributed by atoms with E-state index in [2.05, 4.69) is 15.6 Å². The van der Waals surface area contributed by atoms with Crippen molar-refractivity contribution in [2.75, 3.05) is 17.2 Å². The van der Waals surface area contributed by atoms with E-state index < -0.39 is 18.0 Å². The average molecular weight is 389 g/mol. The van der Waals surface area contributed by atoms with Crippen molar-refractivity contribution in [1.82, 2.24) is 4.98 Å². The number of thiazole rings is 1. The van der Waals surface area contributed by atoms with Gasteiger partial charge in [-0.2, -0.15) is 0 Å². The summed E-state index contributed by atoms with van der Waals surface area (Å²) in [6.45, 7) is 5.54. The molecule has 0 aliphatic carbocycles. The van der Waals surface area contributed by atoms with Crippen LogP contribution in [0.2, 0.25) is 0 Å². The Morgan fingerprint density at radius 2 is 2.15 bits per heavy atom. The Balaban J connectivity index is 1.64. The second-order valence-electron chi connectivity index (χ2n) is 6.00. The Bertz CT molecular complexity index is 908. The molecule has 2 aromatic rings. The summed E-state index contributed by atoms with van der Waals surface area (Å²) in [5.41, 5.74) is 2.06. The van der Waals surface area contributed by atoms with Crippen LogP contribution < -0.4 is 15.4 Å². The number of hydrogen-bond donors (Lipinski definition) is 2. The molecule has 142 valence electrons. The monoisotopic (exact) mass is 389 g/mol. The van der Waals surface area contributed by atoms with E-state index >= 15 is 0 Å². The highest BCUT2D eigenvalue weighted by Crippen LogP contribution is 2.31. The maximum atomic E-state index is 12.3. The summed E-state index contributed by atoms with van der Waals surface area (Å²) in [5.74, 6) is -0.775. The molecule has 0 bridgehead atoms. The van der Waals surface area contributed by atoms with Crippen LogP contribution in [0.3, 0.4) is 0 Å². The molecule has 0 saturated heterocycles. The molecule has 1 aromatic heterocycles. The van der Waals surface area contributed by atoms with Crippen molar-refractivity contribution in [1.29, 1.82) is 0 Å². The van der Waals surface area contributed by atoms with Gasteiger partial charge < -0.3 is 20.1 Å². The van der Waals surface area contributed by atoms with Crippen molar-refractivity contribution in [3.8, 4) is 5.75 Å².